The second kappa shape index (κ2) is 8.35. The fraction of sp³-hybridized carbons (Fsp3) is 0.263. The summed E-state index contributed by atoms with van der Waals surface area (Å²) in [5.41, 5.74) is 2.42. The summed E-state index contributed by atoms with van der Waals surface area (Å²) >= 11 is 0. The summed E-state index contributed by atoms with van der Waals surface area (Å²) in [5, 5.41) is 9.50. The Morgan fingerprint density at radius 1 is 1.12 bits per heavy atom. The number of carbonyl (C=O) groups is 1. The molecule has 0 radical (unpaired) electrons. The van der Waals surface area contributed by atoms with Crippen molar-refractivity contribution in [2.24, 2.45) is 0 Å². The van der Waals surface area contributed by atoms with Gasteiger partial charge in [-0.3, -0.25) is 25.1 Å². The number of nitrogens with zero attached hydrogens (tertiary/aromatic N) is 4. The fourth-order valence-corrected chi connectivity index (χ4v) is 2.58. The number of amides is 1. The first-order valence-electron chi connectivity index (χ1n) is 8.66. The minimum Gasteiger partial charge on any atom is -0.300 e. The molecule has 1 aromatic carbocycles. The van der Waals surface area contributed by atoms with Gasteiger partial charge in [0.25, 0.3) is 5.91 Å². The molecule has 2 N–H and O–H groups in total. The van der Waals surface area contributed by atoms with Gasteiger partial charge in [-0.15, -0.1) is 5.10 Å². The lowest BCUT2D eigenvalue weighted by Crippen LogP contribution is -2.22. The molecule has 0 spiro atoms. The molecular formula is C19H22N6O. The average Bonchev–Trinajstić information content (AvgIpc) is 3.15. The lowest BCUT2D eigenvalue weighted by atomic mass is 10.1. The van der Waals surface area contributed by atoms with E-state index < -0.39 is 0 Å². The molecule has 3 rings (SSSR count). The molecule has 7 heteroatoms. The molecule has 0 fully saturated rings. The summed E-state index contributed by atoms with van der Waals surface area (Å²) in [6.07, 6.45) is 1.68. The summed E-state index contributed by atoms with van der Waals surface area (Å²) in [4.78, 5) is 23.1. The third-order valence-corrected chi connectivity index (χ3v) is 4.13. The fourth-order valence-electron chi connectivity index (χ4n) is 2.58. The van der Waals surface area contributed by atoms with E-state index in [2.05, 4.69) is 44.2 Å². The zero-order chi connectivity index (χ0) is 18.4. The van der Waals surface area contributed by atoms with Crippen molar-refractivity contribution in [1.29, 1.82) is 0 Å². The zero-order valence-corrected chi connectivity index (χ0v) is 14.9. The van der Waals surface area contributed by atoms with Crippen molar-refractivity contribution < 1.29 is 4.79 Å². The Morgan fingerprint density at radius 3 is 2.54 bits per heavy atom. The van der Waals surface area contributed by atoms with Crippen molar-refractivity contribution in [2.75, 3.05) is 18.4 Å². The van der Waals surface area contributed by atoms with Gasteiger partial charge in [-0.2, -0.15) is 4.98 Å². The molecule has 2 heterocycles. The van der Waals surface area contributed by atoms with Crippen molar-refractivity contribution >= 4 is 11.9 Å². The van der Waals surface area contributed by atoms with Crippen LogP contribution in [0, 0.1) is 0 Å². The number of pyridine rings is 1. The maximum atomic E-state index is 12.4. The van der Waals surface area contributed by atoms with E-state index in [1.54, 1.807) is 6.20 Å². The number of benzene rings is 1. The van der Waals surface area contributed by atoms with Gasteiger partial charge in [-0.05, 0) is 42.9 Å². The van der Waals surface area contributed by atoms with E-state index in [0.29, 0.717) is 17.1 Å². The first-order valence-corrected chi connectivity index (χ1v) is 8.66. The molecule has 0 unspecified atom stereocenters. The Labute approximate surface area is 152 Å². The Bertz CT molecular complexity index is 840. The van der Waals surface area contributed by atoms with E-state index in [1.807, 2.05) is 42.5 Å². The molecule has 0 aliphatic heterocycles. The van der Waals surface area contributed by atoms with E-state index in [0.717, 1.165) is 19.6 Å². The van der Waals surface area contributed by atoms with Gasteiger partial charge in [0.05, 0.1) is 0 Å². The van der Waals surface area contributed by atoms with E-state index in [1.165, 1.54) is 5.56 Å². The smallest absolute Gasteiger partial charge is 0.258 e. The largest absolute Gasteiger partial charge is 0.300 e. The third kappa shape index (κ3) is 4.31. The maximum Gasteiger partial charge on any atom is 0.258 e. The van der Waals surface area contributed by atoms with Crippen molar-refractivity contribution in [3.63, 3.8) is 0 Å². The van der Waals surface area contributed by atoms with Gasteiger partial charge >= 0.3 is 0 Å². The second-order valence-electron chi connectivity index (χ2n) is 5.84. The Morgan fingerprint density at radius 2 is 1.88 bits per heavy atom. The Kier molecular flexibility index (Phi) is 5.70. The SMILES string of the molecule is CCN(CC)Cc1ccc(C(=O)Nc2n[nH]c(-c3ccccn3)n2)cc1. The van der Waals surface area contributed by atoms with Crippen LogP contribution in [0.15, 0.2) is 48.7 Å². The number of rotatable bonds is 7. The molecule has 2 aromatic heterocycles. The number of aromatic nitrogens is 4. The Hall–Kier alpha value is -3.06. The monoisotopic (exact) mass is 350 g/mol. The van der Waals surface area contributed by atoms with Crippen LogP contribution in [0.3, 0.4) is 0 Å². The predicted octanol–water partition coefficient (Wildman–Crippen LogP) is 2.96. The number of hydrogen-bond donors (Lipinski definition) is 2. The predicted molar refractivity (Wildman–Crippen MR) is 101 cm³/mol. The van der Waals surface area contributed by atoms with Crippen molar-refractivity contribution in [3.8, 4) is 11.5 Å². The van der Waals surface area contributed by atoms with Crippen LogP contribution in [0.2, 0.25) is 0 Å². The van der Waals surface area contributed by atoms with Crippen molar-refractivity contribution in [2.45, 2.75) is 20.4 Å². The standard InChI is InChI=1S/C19H22N6O/c1-3-25(4-2)13-14-8-10-15(11-9-14)18(26)22-19-21-17(23-24-19)16-7-5-6-12-20-16/h5-12H,3-4,13H2,1-2H3,(H2,21,22,23,24,26). The quantitative estimate of drug-likeness (QED) is 0.684. The van der Waals surface area contributed by atoms with Gasteiger partial charge in [-0.1, -0.05) is 32.0 Å². The molecule has 0 aliphatic rings. The van der Waals surface area contributed by atoms with Crippen LogP contribution in [-0.2, 0) is 6.54 Å². The minimum atomic E-state index is -0.244. The number of carbonyl (C=O) groups excluding carboxylic acids is 1. The van der Waals surface area contributed by atoms with E-state index in [-0.39, 0.29) is 11.9 Å². The van der Waals surface area contributed by atoms with Gasteiger partial charge < -0.3 is 0 Å². The average molecular weight is 350 g/mol. The van der Waals surface area contributed by atoms with Gasteiger partial charge in [0.2, 0.25) is 5.95 Å². The topological polar surface area (TPSA) is 86.8 Å². The third-order valence-electron chi connectivity index (χ3n) is 4.13. The number of aromatic amines is 1. The van der Waals surface area contributed by atoms with Gasteiger partial charge in [0.1, 0.15) is 5.69 Å². The highest BCUT2D eigenvalue weighted by atomic mass is 16.1. The molecule has 26 heavy (non-hydrogen) atoms. The lowest BCUT2D eigenvalue weighted by molar-refractivity contribution is 0.102. The summed E-state index contributed by atoms with van der Waals surface area (Å²) in [6.45, 7) is 7.16. The molecular weight excluding hydrogens is 328 g/mol. The Balaban J connectivity index is 1.64. The first-order chi connectivity index (χ1) is 12.7. The van der Waals surface area contributed by atoms with Gasteiger partial charge in [-0.25, -0.2) is 0 Å². The van der Waals surface area contributed by atoms with Crippen molar-refractivity contribution in [3.05, 3.63) is 59.8 Å². The highest BCUT2D eigenvalue weighted by Gasteiger charge is 2.11. The number of nitrogens with one attached hydrogen (secondary N) is 2. The molecule has 1 amide bonds. The molecule has 0 saturated carbocycles. The number of anilines is 1. The van der Waals surface area contributed by atoms with Crippen LogP contribution < -0.4 is 5.32 Å². The lowest BCUT2D eigenvalue weighted by Gasteiger charge is -2.17. The van der Waals surface area contributed by atoms with Crippen LogP contribution in [0.25, 0.3) is 11.5 Å². The molecule has 134 valence electrons. The van der Waals surface area contributed by atoms with Crippen LogP contribution in [0.1, 0.15) is 29.8 Å². The zero-order valence-electron chi connectivity index (χ0n) is 14.9. The summed E-state index contributed by atoms with van der Waals surface area (Å²) in [7, 11) is 0. The second-order valence-corrected chi connectivity index (χ2v) is 5.84. The molecule has 0 atom stereocenters. The highest BCUT2D eigenvalue weighted by Crippen LogP contribution is 2.13. The molecule has 3 aromatic rings. The highest BCUT2D eigenvalue weighted by molar-refractivity contribution is 6.03. The molecule has 0 bridgehead atoms. The van der Waals surface area contributed by atoms with Crippen LogP contribution >= 0.6 is 0 Å². The summed E-state index contributed by atoms with van der Waals surface area (Å²) in [6, 6.07) is 13.1. The summed E-state index contributed by atoms with van der Waals surface area (Å²) < 4.78 is 0. The van der Waals surface area contributed by atoms with Gasteiger partial charge in [0, 0.05) is 18.3 Å². The molecule has 7 nitrogen and oxygen atoms in total. The minimum absolute atomic E-state index is 0.225. The van der Waals surface area contributed by atoms with Gasteiger partial charge in [0.15, 0.2) is 5.82 Å². The first kappa shape index (κ1) is 17.8. The van der Waals surface area contributed by atoms with Crippen molar-refractivity contribution in [1.82, 2.24) is 25.1 Å². The summed E-state index contributed by atoms with van der Waals surface area (Å²) in [5.74, 6) is 0.490. The van der Waals surface area contributed by atoms with Crippen LogP contribution in [-0.4, -0.2) is 44.1 Å². The van der Waals surface area contributed by atoms with E-state index in [4.69, 9.17) is 0 Å². The van der Waals surface area contributed by atoms with E-state index >= 15 is 0 Å². The maximum absolute atomic E-state index is 12.4. The van der Waals surface area contributed by atoms with Crippen LogP contribution in [0.4, 0.5) is 5.95 Å². The molecule has 0 aliphatic carbocycles. The molecule has 0 saturated heterocycles. The number of hydrogen-bond acceptors (Lipinski definition) is 5. The normalized spacial score (nSPS) is 10.9. The van der Waals surface area contributed by atoms with E-state index in [9.17, 15) is 4.79 Å². The van der Waals surface area contributed by atoms with Crippen LogP contribution in [0.5, 0.6) is 0 Å². The number of H-pyrrole nitrogens is 1.